The Morgan fingerprint density at radius 2 is 1.85 bits per heavy atom. The summed E-state index contributed by atoms with van der Waals surface area (Å²) < 4.78 is 10.7. The first-order chi connectivity index (χ1) is 16.5. The van der Waals surface area contributed by atoms with Crippen LogP contribution in [0.2, 0.25) is 0 Å². The number of ether oxygens (including phenoxy) is 2. The van der Waals surface area contributed by atoms with Gasteiger partial charge in [0.15, 0.2) is 5.82 Å². The van der Waals surface area contributed by atoms with Crippen molar-refractivity contribution in [2.45, 2.75) is 25.9 Å². The number of aryl methyl sites for hydroxylation is 1. The van der Waals surface area contributed by atoms with Crippen LogP contribution in [0.15, 0.2) is 36.4 Å². The SMILES string of the molecule is COCC(=O)N(CC(=O)N1CCN(c2ccc(-c3ccc(C)cc3)nn2)CC1)C[C@@H]1CCCO1. The van der Waals surface area contributed by atoms with Crippen molar-refractivity contribution in [2.75, 3.05) is 64.5 Å². The number of rotatable bonds is 8. The molecule has 2 aliphatic rings. The average Bonchev–Trinajstić information content (AvgIpc) is 3.38. The van der Waals surface area contributed by atoms with Gasteiger partial charge in [-0.25, -0.2) is 0 Å². The summed E-state index contributed by atoms with van der Waals surface area (Å²) in [6.07, 6.45) is 1.89. The molecule has 2 amide bonds. The van der Waals surface area contributed by atoms with Crippen LogP contribution < -0.4 is 4.90 Å². The fourth-order valence-electron chi connectivity index (χ4n) is 4.32. The number of piperazine rings is 1. The molecule has 9 heteroatoms. The second-order valence-electron chi connectivity index (χ2n) is 8.85. The number of benzene rings is 1. The zero-order valence-electron chi connectivity index (χ0n) is 20.0. The van der Waals surface area contributed by atoms with Crippen molar-refractivity contribution in [1.29, 1.82) is 0 Å². The maximum Gasteiger partial charge on any atom is 0.249 e. The van der Waals surface area contributed by atoms with Gasteiger partial charge in [0.05, 0.1) is 18.3 Å². The number of hydrogen-bond acceptors (Lipinski definition) is 7. The van der Waals surface area contributed by atoms with Gasteiger partial charge in [-0.3, -0.25) is 9.59 Å². The maximum atomic E-state index is 13.0. The first kappa shape index (κ1) is 24.1. The van der Waals surface area contributed by atoms with Gasteiger partial charge in [-0.15, -0.1) is 10.2 Å². The molecule has 0 aliphatic carbocycles. The number of anilines is 1. The van der Waals surface area contributed by atoms with Crippen LogP contribution in [0, 0.1) is 6.92 Å². The lowest BCUT2D eigenvalue weighted by Crippen LogP contribution is -2.53. The normalized spacial score (nSPS) is 18.2. The Morgan fingerprint density at radius 1 is 1.09 bits per heavy atom. The van der Waals surface area contributed by atoms with Crippen molar-refractivity contribution in [3.63, 3.8) is 0 Å². The van der Waals surface area contributed by atoms with E-state index in [9.17, 15) is 9.59 Å². The van der Waals surface area contributed by atoms with Crippen LogP contribution in [0.3, 0.4) is 0 Å². The molecule has 4 rings (SSSR count). The predicted octanol–water partition coefficient (Wildman–Crippen LogP) is 1.75. The molecule has 2 aliphatic heterocycles. The number of amides is 2. The molecular formula is C25H33N5O4. The molecular weight excluding hydrogens is 434 g/mol. The van der Waals surface area contributed by atoms with E-state index in [1.807, 2.05) is 29.2 Å². The molecule has 3 heterocycles. The van der Waals surface area contributed by atoms with Gasteiger partial charge >= 0.3 is 0 Å². The molecule has 0 saturated carbocycles. The Balaban J connectivity index is 1.30. The second-order valence-corrected chi connectivity index (χ2v) is 8.85. The highest BCUT2D eigenvalue weighted by Gasteiger charge is 2.28. The Bertz CT molecular complexity index is 952. The Hall–Kier alpha value is -3.04. The van der Waals surface area contributed by atoms with Crippen molar-refractivity contribution >= 4 is 17.6 Å². The zero-order valence-corrected chi connectivity index (χ0v) is 20.0. The van der Waals surface area contributed by atoms with E-state index in [0.717, 1.165) is 29.9 Å². The zero-order chi connectivity index (χ0) is 23.9. The minimum Gasteiger partial charge on any atom is -0.376 e. The van der Waals surface area contributed by atoms with E-state index in [4.69, 9.17) is 9.47 Å². The van der Waals surface area contributed by atoms with Gasteiger partial charge in [0.25, 0.3) is 0 Å². The fourth-order valence-corrected chi connectivity index (χ4v) is 4.32. The molecule has 1 aromatic carbocycles. The molecule has 9 nitrogen and oxygen atoms in total. The number of aromatic nitrogens is 2. The van der Waals surface area contributed by atoms with Gasteiger partial charge in [-0.1, -0.05) is 29.8 Å². The average molecular weight is 468 g/mol. The van der Waals surface area contributed by atoms with E-state index in [0.29, 0.717) is 39.3 Å². The van der Waals surface area contributed by atoms with E-state index in [-0.39, 0.29) is 31.1 Å². The first-order valence-corrected chi connectivity index (χ1v) is 11.9. The summed E-state index contributed by atoms with van der Waals surface area (Å²) in [5.41, 5.74) is 3.08. The van der Waals surface area contributed by atoms with Crippen LogP contribution in [0.1, 0.15) is 18.4 Å². The van der Waals surface area contributed by atoms with Crippen LogP contribution in [-0.4, -0.2) is 97.5 Å². The molecule has 2 saturated heterocycles. The van der Waals surface area contributed by atoms with Gasteiger partial charge in [-0.05, 0) is 31.9 Å². The van der Waals surface area contributed by atoms with Gasteiger partial charge in [0.2, 0.25) is 11.8 Å². The molecule has 0 bridgehead atoms. The summed E-state index contributed by atoms with van der Waals surface area (Å²) in [7, 11) is 1.49. The van der Waals surface area contributed by atoms with E-state index < -0.39 is 0 Å². The third-order valence-corrected chi connectivity index (χ3v) is 6.35. The van der Waals surface area contributed by atoms with Crippen LogP contribution in [0.4, 0.5) is 5.82 Å². The van der Waals surface area contributed by atoms with Crippen LogP contribution >= 0.6 is 0 Å². The Morgan fingerprint density at radius 3 is 2.47 bits per heavy atom. The predicted molar refractivity (Wildman–Crippen MR) is 128 cm³/mol. The molecule has 182 valence electrons. The highest BCUT2D eigenvalue weighted by molar-refractivity contribution is 5.85. The lowest BCUT2D eigenvalue weighted by atomic mass is 10.1. The molecule has 2 aromatic rings. The second kappa shape index (κ2) is 11.4. The van der Waals surface area contributed by atoms with Gasteiger partial charge in [0, 0.05) is 52.0 Å². The quantitative estimate of drug-likeness (QED) is 0.585. The van der Waals surface area contributed by atoms with Crippen LogP contribution in [-0.2, 0) is 19.1 Å². The Labute approximate surface area is 200 Å². The minimum absolute atomic E-state index is 0.00749. The van der Waals surface area contributed by atoms with Crippen molar-refractivity contribution in [1.82, 2.24) is 20.0 Å². The lowest BCUT2D eigenvalue weighted by molar-refractivity contribution is -0.144. The third kappa shape index (κ3) is 6.09. The summed E-state index contributed by atoms with van der Waals surface area (Å²) in [5, 5.41) is 8.81. The molecule has 1 atom stereocenters. The smallest absolute Gasteiger partial charge is 0.249 e. The molecule has 0 spiro atoms. The molecule has 0 radical (unpaired) electrons. The topological polar surface area (TPSA) is 88.1 Å². The van der Waals surface area contributed by atoms with Gasteiger partial charge in [-0.2, -0.15) is 0 Å². The van der Waals surface area contributed by atoms with E-state index in [1.54, 1.807) is 4.90 Å². The van der Waals surface area contributed by atoms with Crippen LogP contribution in [0.25, 0.3) is 11.3 Å². The van der Waals surface area contributed by atoms with E-state index in [1.165, 1.54) is 12.7 Å². The third-order valence-electron chi connectivity index (χ3n) is 6.35. The van der Waals surface area contributed by atoms with Crippen LogP contribution in [0.5, 0.6) is 0 Å². The number of carbonyl (C=O) groups is 2. The Kier molecular flexibility index (Phi) is 8.08. The molecule has 0 N–H and O–H groups in total. The van der Waals surface area contributed by atoms with Crippen molar-refractivity contribution in [2.24, 2.45) is 0 Å². The van der Waals surface area contributed by atoms with Crippen molar-refractivity contribution in [3.8, 4) is 11.3 Å². The monoisotopic (exact) mass is 467 g/mol. The highest BCUT2D eigenvalue weighted by Crippen LogP contribution is 2.20. The van der Waals surface area contributed by atoms with E-state index >= 15 is 0 Å². The molecule has 0 unspecified atom stereocenters. The molecule has 34 heavy (non-hydrogen) atoms. The van der Waals surface area contributed by atoms with E-state index in [2.05, 4.69) is 34.2 Å². The van der Waals surface area contributed by atoms with Gasteiger partial charge in [0.1, 0.15) is 6.61 Å². The number of hydrogen-bond donors (Lipinski definition) is 0. The highest BCUT2D eigenvalue weighted by atomic mass is 16.5. The summed E-state index contributed by atoms with van der Waals surface area (Å²) in [4.78, 5) is 31.0. The lowest BCUT2D eigenvalue weighted by Gasteiger charge is -2.36. The summed E-state index contributed by atoms with van der Waals surface area (Å²) >= 11 is 0. The maximum absolute atomic E-state index is 13.0. The minimum atomic E-state index is -0.186. The summed E-state index contributed by atoms with van der Waals surface area (Å²) in [5.74, 6) is 0.565. The molecule has 2 fully saturated rings. The van der Waals surface area contributed by atoms with Crippen molar-refractivity contribution < 1.29 is 19.1 Å². The summed E-state index contributed by atoms with van der Waals surface area (Å²) in [6, 6.07) is 12.2. The number of carbonyl (C=O) groups excluding carboxylic acids is 2. The fraction of sp³-hybridized carbons (Fsp3) is 0.520. The number of nitrogens with zero attached hydrogens (tertiary/aromatic N) is 5. The van der Waals surface area contributed by atoms with Gasteiger partial charge < -0.3 is 24.2 Å². The number of methoxy groups -OCH3 is 1. The van der Waals surface area contributed by atoms with Crippen molar-refractivity contribution in [3.05, 3.63) is 42.0 Å². The molecule has 1 aromatic heterocycles. The first-order valence-electron chi connectivity index (χ1n) is 11.9. The largest absolute Gasteiger partial charge is 0.376 e. The standard InChI is InChI=1S/C25H33N5O4/c1-19-5-7-20(8-6-19)22-9-10-23(27-26-22)28-11-13-29(14-12-28)24(31)17-30(25(32)18-33-2)16-21-4-3-15-34-21/h5-10,21H,3-4,11-18H2,1-2H3/t21-/m0/s1. The summed E-state index contributed by atoms with van der Waals surface area (Å²) in [6.45, 7) is 5.70.